The molecule has 0 aliphatic heterocycles. The lowest BCUT2D eigenvalue weighted by Gasteiger charge is -2.06. The van der Waals surface area contributed by atoms with E-state index in [2.05, 4.69) is 25.3 Å². The lowest BCUT2D eigenvalue weighted by molar-refractivity contribution is 0.102. The van der Waals surface area contributed by atoms with Crippen LogP contribution in [0.5, 0.6) is 0 Å². The highest BCUT2D eigenvalue weighted by Gasteiger charge is 2.13. The molecule has 0 unspecified atom stereocenters. The van der Waals surface area contributed by atoms with Crippen LogP contribution in [-0.2, 0) is 5.75 Å². The molecule has 4 aromatic rings. The molecule has 0 fully saturated rings. The Bertz CT molecular complexity index is 1070. The summed E-state index contributed by atoms with van der Waals surface area (Å²) >= 11 is 2.99. The maximum atomic E-state index is 12.5. The average Bonchev–Trinajstić information content (AvgIpc) is 3.25. The number of thiazole rings is 1. The van der Waals surface area contributed by atoms with E-state index in [0.717, 1.165) is 22.0 Å². The maximum Gasteiger partial charge on any atom is 0.275 e. The van der Waals surface area contributed by atoms with Crippen LogP contribution in [0.15, 0.2) is 77.5 Å². The van der Waals surface area contributed by atoms with Gasteiger partial charge in [0.2, 0.25) is 0 Å². The van der Waals surface area contributed by atoms with Gasteiger partial charge in [-0.1, -0.05) is 18.2 Å². The van der Waals surface area contributed by atoms with Crippen molar-refractivity contribution in [1.82, 2.24) is 19.9 Å². The monoisotopic (exact) mass is 405 g/mol. The van der Waals surface area contributed by atoms with Crippen LogP contribution in [-0.4, -0.2) is 25.8 Å². The van der Waals surface area contributed by atoms with Crippen LogP contribution in [0.3, 0.4) is 0 Å². The van der Waals surface area contributed by atoms with Crippen LogP contribution in [0.1, 0.15) is 16.1 Å². The van der Waals surface area contributed by atoms with Gasteiger partial charge in [-0.15, -0.1) is 23.1 Å². The van der Waals surface area contributed by atoms with Gasteiger partial charge in [0.05, 0.1) is 5.03 Å². The molecule has 138 valence electrons. The number of amides is 1. The number of rotatable bonds is 6. The number of pyridine rings is 1. The number of nitrogens with zero attached hydrogens (tertiary/aromatic N) is 4. The van der Waals surface area contributed by atoms with E-state index in [4.69, 9.17) is 0 Å². The normalized spacial score (nSPS) is 10.6. The van der Waals surface area contributed by atoms with Crippen molar-refractivity contribution in [2.45, 2.75) is 10.8 Å². The summed E-state index contributed by atoms with van der Waals surface area (Å²) in [6.45, 7) is 0. The van der Waals surface area contributed by atoms with Crippen molar-refractivity contribution < 1.29 is 4.79 Å². The Morgan fingerprint density at radius 3 is 2.68 bits per heavy atom. The molecule has 3 aromatic heterocycles. The summed E-state index contributed by atoms with van der Waals surface area (Å²) in [6, 6.07) is 15.4. The van der Waals surface area contributed by atoms with Gasteiger partial charge in [-0.2, -0.15) is 0 Å². The first-order valence-electron chi connectivity index (χ1n) is 8.45. The van der Waals surface area contributed by atoms with E-state index in [1.165, 1.54) is 11.3 Å². The number of carbonyl (C=O) groups excluding carboxylic acids is 1. The zero-order chi connectivity index (χ0) is 19.2. The van der Waals surface area contributed by atoms with Crippen molar-refractivity contribution in [3.8, 4) is 10.8 Å². The molecule has 1 N–H and O–H groups in total. The molecular formula is C20H15N5OS2. The number of anilines is 1. The molecule has 0 bridgehead atoms. The Hall–Kier alpha value is -3.10. The number of thioether (sulfide) groups is 1. The third-order valence-electron chi connectivity index (χ3n) is 3.70. The summed E-state index contributed by atoms with van der Waals surface area (Å²) in [4.78, 5) is 29.5. The molecule has 0 saturated heterocycles. The van der Waals surface area contributed by atoms with Gasteiger partial charge in [-0.05, 0) is 35.9 Å². The predicted molar refractivity (Wildman–Crippen MR) is 111 cm³/mol. The third-order valence-corrected chi connectivity index (χ3v) is 5.56. The van der Waals surface area contributed by atoms with E-state index in [0.29, 0.717) is 16.5 Å². The number of nitrogens with one attached hydrogen (secondary N) is 1. The van der Waals surface area contributed by atoms with E-state index >= 15 is 0 Å². The second kappa shape index (κ2) is 8.73. The first-order chi connectivity index (χ1) is 13.8. The smallest absolute Gasteiger partial charge is 0.275 e. The molecular weight excluding hydrogens is 390 g/mol. The van der Waals surface area contributed by atoms with Crippen LogP contribution in [0, 0.1) is 0 Å². The van der Waals surface area contributed by atoms with Crippen molar-refractivity contribution in [3.63, 3.8) is 0 Å². The number of aromatic nitrogens is 4. The lowest BCUT2D eigenvalue weighted by atomic mass is 10.2. The highest BCUT2D eigenvalue weighted by atomic mass is 32.2. The van der Waals surface area contributed by atoms with E-state index in [9.17, 15) is 4.79 Å². The van der Waals surface area contributed by atoms with Gasteiger partial charge in [-0.25, -0.2) is 19.9 Å². The minimum absolute atomic E-state index is 0.257. The fourth-order valence-electron chi connectivity index (χ4n) is 2.41. The summed E-state index contributed by atoms with van der Waals surface area (Å²) in [5.74, 6) is 1.03. The Morgan fingerprint density at radius 1 is 1.00 bits per heavy atom. The molecule has 28 heavy (non-hydrogen) atoms. The number of benzene rings is 1. The quantitative estimate of drug-likeness (QED) is 0.474. The number of carbonyl (C=O) groups is 1. The zero-order valence-corrected chi connectivity index (χ0v) is 16.3. The molecule has 6 nitrogen and oxygen atoms in total. The summed E-state index contributed by atoms with van der Waals surface area (Å²) in [7, 11) is 0. The summed E-state index contributed by atoms with van der Waals surface area (Å²) < 4.78 is 0. The third kappa shape index (κ3) is 4.59. The molecule has 0 atom stereocenters. The van der Waals surface area contributed by atoms with Crippen molar-refractivity contribution in [1.29, 1.82) is 0 Å². The summed E-state index contributed by atoms with van der Waals surface area (Å²) in [6.07, 6.45) is 5.08. The van der Waals surface area contributed by atoms with Crippen molar-refractivity contribution in [2.75, 3.05) is 5.32 Å². The molecule has 0 aliphatic rings. The minimum Gasteiger partial charge on any atom is -0.321 e. The highest BCUT2D eigenvalue weighted by molar-refractivity contribution is 7.98. The summed E-state index contributed by atoms with van der Waals surface area (Å²) in [5, 5.41) is 6.20. The standard InChI is InChI=1S/C20H15N5OS2/c26-19(16-13-28-20(25-16)18-22-9-4-10-23-18)24-15-6-3-5-14(11-15)12-27-17-7-1-2-8-21-17/h1-11,13H,12H2,(H,24,26). The fourth-order valence-corrected chi connectivity index (χ4v) is 3.96. The van der Waals surface area contributed by atoms with Gasteiger partial charge in [0.15, 0.2) is 10.8 Å². The minimum atomic E-state index is -0.257. The molecule has 3 heterocycles. The zero-order valence-electron chi connectivity index (χ0n) is 14.6. The van der Waals surface area contributed by atoms with E-state index < -0.39 is 0 Å². The Morgan fingerprint density at radius 2 is 1.86 bits per heavy atom. The van der Waals surface area contributed by atoms with Crippen LogP contribution < -0.4 is 5.32 Å². The van der Waals surface area contributed by atoms with Gasteiger partial charge in [0, 0.05) is 35.4 Å². The molecule has 0 spiro atoms. The molecule has 0 saturated carbocycles. The lowest BCUT2D eigenvalue weighted by Crippen LogP contribution is -2.12. The molecule has 1 aromatic carbocycles. The first-order valence-corrected chi connectivity index (χ1v) is 10.3. The van der Waals surface area contributed by atoms with E-state index in [1.54, 1.807) is 41.8 Å². The van der Waals surface area contributed by atoms with Gasteiger partial charge in [-0.3, -0.25) is 4.79 Å². The molecule has 0 aliphatic carbocycles. The molecule has 8 heteroatoms. The van der Waals surface area contributed by atoms with E-state index in [1.807, 2.05) is 42.5 Å². The second-order valence-corrected chi connectivity index (χ2v) is 7.58. The van der Waals surface area contributed by atoms with Crippen molar-refractivity contribution in [3.05, 3.63) is 83.8 Å². The molecule has 0 radical (unpaired) electrons. The Kier molecular flexibility index (Phi) is 5.69. The van der Waals surface area contributed by atoms with Gasteiger partial charge in [0.1, 0.15) is 5.69 Å². The van der Waals surface area contributed by atoms with Crippen molar-refractivity contribution in [2.24, 2.45) is 0 Å². The fraction of sp³-hybridized carbons (Fsp3) is 0.0500. The second-order valence-electron chi connectivity index (χ2n) is 5.72. The first kappa shape index (κ1) is 18.3. The maximum absolute atomic E-state index is 12.5. The van der Waals surface area contributed by atoms with Gasteiger partial charge < -0.3 is 5.32 Å². The summed E-state index contributed by atoms with van der Waals surface area (Å²) in [5.41, 5.74) is 2.18. The molecule has 1 amide bonds. The SMILES string of the molecule is O=C(Nc1cccc(CSc2ccccn2)c1)c1csc(-c2ncccn2)n1. The van der Waals surface area contributed by atoms with Crippen molar-refractivity contribution >= 4 is 34.7 Å². The van der Waals surface area contributed by atoms with E-state index in [-0.39, 0.29) is 5.91 Å². The predicted octanol–water partition coefficient (Wildman–Crippen LogP) is 4.54. The van der Waals surface area contributed by atoms with Crippen LogP contribution in [0.2, 0.25) is 0 Å². The van der Waals surface area contributed by atoms with Crippen LogP contribution in [0.4, 0.5) is 5.69 Å². The topological polar surface area (TPSA) is 80.7 Å². The largest absolute Gasteiger partial charge is 0.321 e. The van der Waals surface area contributed by atoms with Gasteiger partial charge >= 0.3 is 0 Å². The Balaban J connectivity index is 1.41. The van der Waals surface area contributed by atoms with Crippen LogP contribution >= 0.6 is 23.1 Å². The number of hydrogen-bond acceptors (Lipinski definition) is 7. The van der Waals surface area contributed by atoms with Gasteiger partial charge in [0.25, 0.3) is 5.91 Å². The highest BCUT2D eigenvalue weighted by Crippen LogP contribution is 2.23. The average molecular weight is 406 g/mol. The molecule has 4 rings (SSSR count). The Labute approximate surface area is 170 Å². The van der Waals surface area contributed by atoms with Crippen LogP contribution in [0.25, 0.3) is 10.8 Å². The number of hydrogen-bond donors (Lipinski definition) is 1.